The van der Waals surface area contributed by atoms with E-state index in [0.29, 0.717) is 28.2 Å². The Bertz CT molecular complexity index is 3700. The summed E-state index contributed by atoms with van der Waals surface area (Å²) < 4.78 is 54.1. The molecule has 0 saturated carbocycles. The minimum Gasteiger partial charge on any atom is -0.517 e. The largest absolute Gasteiger partial charge is 2.00 e. The Labute approximate surface area is 472 Å². The molecule has 0 spiro atoms. The van der Waals surface area contributed by atoms with E-state index in [0.717, 1.165) is 92.3 Å². The van der Waals surface area contributed by atoms with Crippen LogP contribution in [0.2, 0.25) is 0 Å². The van der Waals surface area contributed by atoms with Crippen LogP contribution < -0.4 is 0 Å². The predicted molar refractivity (Wildman–Crippen MR) is 316 cm³/mol. The molecule has 386 valence electrons. The van der Waals surface area contributed by atoms with Crippen LogP contribution in [-0.4, -0.2) is 14.7 Å². The number of rotatable bonds is 13. The summed E-state index contributed by atoms with van der Waals surface area (Å²) in [5, 5.41) is 13.5. The van der Waals surface area contributed by atoms with Crippen molar-refractivity contribution in [1.29, 1.82) is 0 Å². The topological polar surface area (TPSA) is 38.1 Å². The minimum atomic E-state index is -2.57. The van der Waals surface area contributed by atoms with E-state index in [4.69, 9.17) is 9.10 Å². The van der Waals surface area contributed by atoms with Crippen molar-refractivity contribution in [1.82, 2.24) is 9.55 Å². The normalized spacial score (nSPS) is 13.8. The number of aromatic nitrogens is 2. The molecule has 7 aromatic carbocycles. The fourth-order valence-corrected chi connectivity index (χ4v) is 10.7. The minimum absolute atomic E-state index is 0. The first-order valence-corrected chi connectivity index (χ1v) is 26.6. The number of phenolic OH excluding ortho intramolecular Hbond substituents is 1. The van der Waals surface area contributed by atoms with Crippen molar-refractivity contribution in [3.05, 3.63) is 197 Å². The fraction of sp³-hybridized carbons (Fsp3) is 0.310. The summed E-state index contributed by atoms with van der Waals surface area (Å²) in [6, 6.07) is 55.9. The standard InChI is InChI=1S/C71H76N2O.Pt/c1-15-70(13,16-2)59-27-23-28-60(71(14,17-3)18-4)66(59)51-34-35-63(47(6)38-51)73-64-29-22-26-56(57(64)45-65(73)58-43-55(68(7,8)9)44-61(67(58)74)69(10,11)12)53-39-52(48-24-20-19-21-25-48)40-54(41-53)62-42-50(36-37-72-62)49-32-30-46(5)31-33-49;/h19-40,42-44,74H,15-18H2,1-14H3;/q-2;+2/i5D3,6D3;. The van der Waals surface area contributed by atoms with Crippen molar-refractivity contribution in [3.63, 3.8) is 0 Å². The third-order valence-corrected chi connectivity index (χ3v) is 16.3. The number of hydrogen-bond acceptors (Lipinski definition) is 2. The van der Waals surface area contributed by atoms with Crippen molar-refractivity contribution in [3.8, 4) is 78.5 Å². The summed E-state index contributed by atoms with van der Waals surface area (Å²) in [4.78, 5) is 4.89. The first-order valence-electron chi connectivity index (χ1n) is 29.6. The molecule has 1 N–H and O–H groups in total. The average Bonchev–Trinajstić information content (AvgIpc) is 4.12. The van der Waals surface area contributed by atoms with Crippen molar-refractivity contribution >= 4 is 10.9 Å². The zero-order valence-corrected chi connectivity index (χ0v) is 48.2. The van der Waals surface area contributed by atoms with Crippen LogP contribution in [0.3, 0.4) is 0 Å². The van der Waals surface area contributed by atoms with E-state index < -0.39 is 19.1 Å². The van der Waals surface area contributed by atoms with Gasteiger partial charge in [0.15, 0.2) is 0 Å². The van der Waals surface area contributed by atoms with Gasteiger partial charge in [0.25, 0.3) is 0 Å². The summed E-state index contributed by atoms with van der Waals surface area (Å²) in [5.41, 5.74) is 14.6. The first-order chi connectivity index (χ1) is 37.6. The molecule has 0 unspecified atom stereocenters. The summed E-state index contributed by atoms with van der Waals surface area (Å²) in [6.45, 7) is 21.7. The number of phenols is 1. The molecule has 2 aromatic heterocycles. The third kappa shape index (κ3) is 10.5. The molecule has 4 heteroatoms. The van der Waals surface area contributed by atoms with E-state index >= 15 is 0 Å². The summed E-state index contributed by atoms with van der Waals surface area (Å²) in [5.74, 6) is 0.119. The third-order valence-electron chi connectivity index (χ3n) is 16.3. The molecule has 0 atom stereocenters. The first kappa shape index (κ1) is 47.2. The maximum atomic E-state index is 12.8. The zero-order chi connectivity index (χ0) is 57.9. The molecule has 0 aliphatic rings. The van der Waals surface area contributed by atoms with Gasteiger partial charge in [-0.3, -0.25) is 4.98 Å². The molecule has 0 aliphatic heterocycles. The quantitative estimate of drug-likeness (QED) is 0.117. The molecular weight excluding hydrogens is 1090 g/mol. The summed E-state index contributed by atoms with van der Waals surface area (Å²) in [6.07, 6.45) is 5.45. The Balaban J connectivity index is 0.00000860. The van der Waals surface area contributed by atoms with Crippen LogP contribution >= 0.6 is 0 Å². The van der Waals surface area contributed by atoms with Crippen LogP contribution in [0.5, 0.6) is 5.75 Å². The van der Waals surface area contributed by atoms with Gasteiger partial charge < -0.3 is 9.67 Å². The Kier molecular flexibility index (Phi) is 13.5. The van der Waals surface area contributed by atoms with Crippen LogP contribution in [0.1, 0.15) is 150 Å². The van der Waals surface area contributed by atoms with Crippen LogP contribution in [0.4, 0.5) is 0 Å². The Hall–Kier alpha value is -6.28. The molecule has 9 rings (SSSR count). The molecule has 3 nitrogen and oxygen atoms in total. The molecule has 0 fully saturated rings. The van der Waals surface area contributed by atoms with Gasteiger partial charge in [-0.2, -0.15) is 0 Å². The van der Waals surface area contributed by atoms with Gasteiger partial charge in [0.2, 0.25) is 0 Å². The van der Waals surface area contributed by atoms with Gasteiger partial charge in [0.1, 0.15) is 0 Å². The van der Waals surface area contributed by atoms with Crippen LogP contribution in [0.25, 0.3) is 83.6 Å². The number of benzene rings is 7. The SMILES string of the molecule is [2H]C([2H])([2H])c1ccc(-c2ccnc(-c3[c-]c(-c4cccc5c4[c-]c(-c4cc(C(C)(C)C)cc(C(C)(C)C)c4O)n5-c4ccc(-c5c(C(C)(CC)CC)cccc5C(C)(CC)CC)cc4C([2H])([2H])[2H])cc(-c4ccccc4)c3)c2)cc1.[Pt+2]. The fourth-order valence-electron chi connectivity index (χ4n) is 10.7. The van der Waals surface area contributed by atoms with Gasteiger partial charge in [0, 0.05) is 25.8 Å². The smallest absolute Gasteiger partial charge is 0.517 e. The number of pyridine rings is 1. The number of aryl methyl sites for hydroxylation is 2. The Morgan fingerprint density at radius 1 is 0.533 bits per heavy atom. The summed E-state index contributed by atoms with van der Waals surface area (Å²) in [7, 11) is 0. The van der Waals surface area contributed by atoms with Crippen molar-refractivity contribution < 1.29 is 34.4 Å². The molecule has 0 saturated heterocycles. The second-order valence-electron chi connectivity index (χ2n) is 23.0. The van der Waals surface area contributed by atoms with Crippen LogP contribution in [-0.2, 0) is 42.7 Å². The number of hydrogen-bond donors (Lipinski definition) is 1. The van der Waals surface area contributed by atoms with Crippen molar-refractivity contribution in [2.45, 2.75) is 144 Å². The van der Waals surface area contributed by atoms with Gasteiger partial charge in [-0.1, -0.05) is 221 Å². The van der Waals surface area contributed by atoms with Gasteiger partial charge >= 0.3 is 21.1 Å². The second-order valence-corrected chi connectivity index (χ2v) is 23.0. The maximum Gasteiger partial charge on any atom is 2.00 e. The average molecular weight is 1170 g/mol. The van der Waals surface area contributed by atoms with Crippen LogP contribution in [0.15, 0.2) is 152 Å². The number of aromatic hydroxyl groups is 1. The summed E-state index contributed by atoms with van der Waals surface area (Å²) >= 11 is 0. The van der Waals surface area contributed by atoms with Crippen LogP contribution in [0, 0.1) is 25.8 Å². The van der Waals surface area contributed by atoms with E-state index in [1.807, 2.05) is 71.3 Å². The van der Waals surface area contributed by atoms with E-state index in [1.54, 1.807) is 18.3 Å². The van der Waals surface area contributed by atoms with E-state index in [1.165, 1.54) is 11.1 Å². The van der Waals surface area contributed by atoms with E-state index in [2.05, 4.69) is 162 Å². The molecule has 9 aromatic rings. The molecule has 0 amide bonds. The van der Waals surface area contributed by atoms with Gasteiger partial charge in [-0.25, -0.2) is 0 Å². The Morgan fingerprint density at radius 2 is 1.16 bits per heavy atom. The Morgan fingerprint density at radius 3 is 1.77 bits per heavy atom. The van der Waals surface area contributed by atoms with Crippen molar-refractivity contribution in [2.75, 3.05) is 0 Å². The van der Waals surface area contributed by atoms with E-state index in [9.17, 15) is 9.22 Å². The molecule has 2 heterocycles. The number of nitrogens with zero attached hydrogens (tertiary/aromatic N) is 2. The van der Waals surface area contributed by atoms with E-state index in [-0.39, 0.29) is 54.2 Å². The predicted octanol–water partition coefficient (Wildman–Crippen LogP) is 19.7. The van der Waals surface area contributed by atoms with Gasteiger partial charge in [-0.05, 0) is 146 Å². The molecule has 0 aliphatic carbocycles. The number of fused-ring (bicyclic) bond motifs is 1. The van der Waals surface area contributed by atoms with Gasteiger partial charge in [0.05, 0.1) is 5.75 Å². The van der Waals surface area contributed by atoms with Gasteiger partial charge in [-0.15, -0.1) is 40.8 Å². The second kappa shape index (κ2) is 21.4. The molecular formula is C71H76N2OPt. The maximum absolute atomic E-state index is 12.8. The van der Waals surface area contributed by atoms with Crippen molar-refractivity contribution in [2.24, 2.45) is 0 Å². The monoisotopic (exact) mass is 1170 g/mol. The zero-order valence-electron chi connectivity index (χ0n) is 51.9. The molecule has 0 radical (unpaired) electrons. The molecule has 0 bridgehead atoms. The molecule has 75 heavy (non-hydrogen) atoms.